The summed E-state index contributed by atoms with van der Waals surface area (Å²) in [7, 11) is -3.98. The average Bonchev–Trinajstić information content (AvgIpc) is 3.62. The lowest BCUT2D eigenvalue weighted by Gasteiger charge is -2.28. The number of nitrogens with one attached hydrogen (secondary N) is 4. The predicted molar refractivity (Wildman–Crippen MR) is 195 cm³/mol. The second-order valence-electron chi connectivity index (χ2n) is 12.5. The Hall–Kier alpha value is -3.73. The molecule has 2 unspecified atom stereocenters. The number of esters is 1. The highest BCUT2D eigenvalue weighted by atomic mass is 35.5. The number of ether oxygens (including phenoxy) is 1. The van der Waals surface area contributed by atoms with Gasteiger partial charge in [-0.05, 0) is 93.6 Å². The number of hydrogen-bond acceptors (Lipinski definition) is 11. The van der Waals surface area contributed by atoms with E-state index in [1.807, 2.05) is 18.2 Å². The number of carboxylic acids is 1. The van der Waals surface area contributed by atoms with Crippen molar-refractivity contribution in [3.8, 4) is 0 Å². The van der Waals surface area contributed by atoms with Crippen molar-refractivity contribution in [3.63, 3.8) is 0 Å². The van der Waals surface area contributed by atoms with Gasteiger partial charge in [-0.3, -0.25) is 19.9 Å². The number of aliphatic carboxylic acids is 1. The molecule has 0 spiro atoms. The summed E-state index contributed by atoms with van der Waals surface area (Å²) in [5, 5.41) is 16.0. The molecule has 0 saturated carbocycles. The number of amides is 1. The molecule has 2 aliphatic rings. The summed E-state index contributed by atoms with van der Waals surface area (Å²) in [5.41, 5.74) is 3.27. The van der Waals surface area contributed by atoms with Gasteiger partial charge in [0.2, 0.25) is 15.9 Å². The molecule has 274 valence electrons. The Morgan fingerprint density at radius 2 is 1.92 bits per heavy atom. The average molecular weight is 759 g/mol. The molecule has 5 rings (SSSR count). The first kappa shape index (κ1) is 38.5. The summed E-state index contributed by atoms with van der Waals surface area (Å²) in [4.78, 5) is 43.8. The molecule has 13 nitrogen and oxygen atoms in total. The van der Waals surface area contributed by atoms with Gasteiger partial charge in [-0.25, -0.2) is 22.7 Å². The van der Waals surface area contributed by atoms with Crippen LogP contribution in [0.4, 0.5) is 5.69 Å². The largest absolute Gasteiger partial charge is 0.480 e. The Bertz CT molecular complexity index is 1800. The van der Waals surface area contributed by atoms with Gasteiger partial charge in [0.05, 0.1) is 41.8 Å². The highest BCUT2D eigenvalue weighted by Gasteiger charge is 2.37. The molecule has 2 aliphatic heterocycles. The van der Waals surface area contributed by atoms with Crippen LogP contribution in [0.5, 0.6) is 0 Å². The van der Waals surface area contributed by atoms with Crippen LogP contribution in [0.15, 0.2) is 70.6 Å². The predicted octanol–water partition coefficient (Wildman–Crippen LogP) is 4.11. The lowest BCUT2D eigenvalue weighted by molar-refractivity contribution is -0.150. The molecule has 1 fully saturated rings. The van der Waals surface area contributed by atoms with Crippen LogP contribution in [0.3, 0.4) is 0 Å². The lowest BCUT2D eigenvalue weighted by atomic mass is 10.1. The summed E-state index contributed by atoms with van der Waals surface area (Å²) in [6.45, 7) is 3.75. The number of aryl methyl sites for hydroxylation is 2. The van der Waals surface area contributed by atoms with E-state index in [0.29, 0.717) is 42.8 Å². The van der Waals surface area contributed by atoms with Crippen molar-refractivity contribution in [1.29, 1.82) is 0 Å². The van der Waals surface area contributed by atoms with Gasteiger partial charge in [-0.1, -0.05) is 48.0 Å². The van der Waals surface area contributed by atoms with Crippen molar-refractivity contribution in [2.24, 2.45) is 0 Å². The minimum Gasteiger partial charge on any atom is -0.480 e. The first-order valence-electron chi connectivity index (χ1n) is 16.9. The van der Waals surface area contributed by atoms with Gasteiger partial charge >= 0.3 is 11.9 Å². The third-order valence-electron chi connectivity index (χ3n) is 8.79. The molecule has 1 aromatic heterocycles. The summed E-state index contributed by atoms with van der Waals surface area (Å²) >= 11 is 7.84. The number of halogens is 1. The minimum absolute atomic E-state index is 0.0122. The van der Waals surface area contributed by atoms with Crippen molar-refractivity contribution < 1.29 is 32.6 Å². The number of carboxylic acid groups (broad SMARTS) is 1. The van der Waals surface area contributed by atoms with Crippen LogP contribution in [0.1, 0.15) is 56.4 Å². The number of carbonyl (C=O) groups is 3. The number of likely N-dealkylation sites (tertiary alicyclic amines) is 1. The smallest absolute Gasteiger partial charge is 0.326 e. The number of sulfonamides is 1. The topological polar surface area (TPSA) is 179 Å². The SMILES string of the molecule is CCOC(=O)C(CCc1ccc(CNS(=O)(=O)c2cc3c(cc2Cl)NC(CCc2ccccc2)NS3)nc1)N[C@@H](C)C(=O)N1CCC[C@H]1C(=O)O. The molecule has 0 bridgehead atoms. The van der Waals surface area contributed by atoms with Gasteiger partial charge in [0.1, 0.15) is 17.0 Å². The number of hydrogen-bond donors (Lipinski definition) is 5. The summed E-state index contributed by atoms with van der Waals surface area (Å²) in [5.74, 6) is -1.94. The highest BCUT2D eigenvalue weighted by Crippen LogP contribution is 2.37. The van der Waals surface area contributed by atoms with Crippen molar-refractivity contribution in [3.05, 3.63) is 82.6 Å². The number of rotatable bonds is 16. The van der Waals surface area contributed by atoms with Gasteiger partial charge in [-0.15, -0.1) is 0 Å². The van der Waals surface area contributed by atoms with Crippen molar-refractivity contribution in [1.82, 2.24) is 24.6 Å². The number of fused-ring (bicyclic) bond motifs is 1. The quantitative estimate of drug-likeness (QED) is 0.104. The zero-order chi connectivity index (χ0) is 36.5. The molecule has 5 N–H and O–H groups in total. The van der Waals surface area contributed by atoms with E-state index < -0.39 is 40.1 Å². The first-order chi connectivity index (χ1) is 24.4. The molecule has 0 radical (unpaired) electrons. The van der Waals surface area contributed by atoms with Crippen molar-refractivity contribution in [2.75, 3.05) is 18.5 Å². The molecule has 0 aliphatic carbocycles. The van der Waals surface area contributed by atoms with E-state index in [1.54, 1.807) is 44.3 Å². The maximum atomic E-state index is 13.3. The molecule has 1 amide bonds. The maximum Gasteiger partial charge on any atom is 0.326 e. The monoisotopic (exact) mass is 758 g/mol. The maximum absolute atomic E-state index is 13.3. The van der Waals surface area contributed by atoms with E-state index in [0.717, 1.165) is 24.1 Å². The Morgan fingerprint density at radius 1 is 1.14 bits per heavy atom. The van der Waals surface area contributed by atoms with E-state index in [4.69, 9.17) is 16.3 Å². The van der Waals surface area contributed by atoms with Crippen LogP contribution in [0, 0.1) is 0 Å². The molecular formula is C35H43ClN6O7S2. The lowest BCUT2D eigenvalue weighted by Crippen LogP contribution is -2.53. The zero-order valence-corrected chi connectivity index (χ0v) is 30.8. The second-order valence-corrected chi connectivity index (χ2v) is 15.5. The Labute approximate surface area is 307 Å². The van der Waals surface area contributed by atoms with E-state index in [-0.39, 0.29) is 35.1 Å². The van der Waals surface area contributed by atoms with E-state index >= 15 is 0 Å². The second kappa shape index (κ2) is 17.7. The van der Waals surface area contributed by atoms with Gasteiger partial charge in [-0.2, -0.15) is 0 Å². The molecular weight excluding hydrogens is 716 g/mol. The summed E-state index contributed by atoms with van der Waals surface area (Å²) < 4.78 is 37.7. The van der Waals surface area contributed by atoms with Crippen LogP contribution in [0.2, 0.25) is 5.02 Å². The minimum atomic E-state index is -3.98. The van der Waals surface area contributed by atoms with Crippen LogP contribution >= 0.6 is 23.5 Å². The molecule has 3 aromatic rings. The highest BCUT2D eigenvalue weighted by molar-refractivity contribution is 7.97. The van der Waals surface area contributed by atoms with Gasteiger partial charge in [0, 0.05) is 17.6 Å². The van der Waals surface area contributed by atoms with Crippen molar-refractivity contribution in [2.45, 2.75) is 93.0 Å². The standard InChI is InChI=1S/C35H43ClN6O7S2/c1-3-49-35(46)27(39-22(2)33(43)42-17-7-10-29(42)34(44)45)15-12-24-11-14-25(37-20-24)21-38-51(47,48)31-19-30-28(18-26(31)36)40-32(41-50-30)16-13-23-8-5-4-6-9-23/h4-6,8-9,11,14,18-20,22,27,29,32,38-41H,3,7,10,12-13,15-17,21H2,1-2H3,(H,44,45)/t22-,27?,29-,32?/m0/s1. The van der Waals surface area contributed by atoms with Crippen molar-refractivity contribution >= 4 is 57.1 Å². The molecule has 1 saturated heterocycles. The fourth-order valence-corrected chi connectivity index (χ4v) is 8.54. The molecule has 4 atom stereocenters. The fraction of sp³-hybridized carbons (Fsp3) is 0.429. The fourth-order valence-electron chi connectivity index (χ4n) is 6.06. The zero-order valence-electron chi connectivity index (χ0n) is 28.4. The normalized spacial score (nSPS) is 18.4. The molecule has 51 heavy (non-hydrogen) atoms. The van der Waals surface area contributed by atoms with Crippen LogP contribution in [0.25, 0.3) is 0 Å². The van der Waals surface area contributed by atoms with Gasteiger partial charge in [0.25, 0.3) is 0 Å². The summed E-state index contributed by atoms with van der Waals surface area (Å²) in [6, 6.07) is 14.4. The number of pyridine rings is 1. The number of aromatic nitrogens is 1. The van der Waals surface area contributed by atoms with Crippen LogP contribution < -0.4 is 20.1 Å². The number of nitrogens with zero attached hydrogens (tertiary/aromatic N) is 2. The first-order valence-corrected chi connectivity index (χ1v) is 19.6. The Balaban J connectivity index is 1.14. The molecule has 2 aromatic carbocycles. The number of carbonyl (C=O) groups excluding carboxylic acids is 2. The van der Waals surface area contributed by atoms with Crippen LogP contribution in [-0.4, -0.2) is 78.7 Å². The van der Waals surface area contributed by atoms with E-state index in [9.17, 15) is 27.9 Å². The Morgan fingerprint density at radius 3 is 2.63 bits per heavy atom. The van der Waals surface area contributed by atoms with Gasteiger partial charge in [0.15, 0.2) is 0 Å². The van der Waals surface area contributed by atoms with E-state index in [2.05, 4.69) is 37.2 Å². The molecule has 3 heterocycles. The number of benzene rings is 2. The van der Waals surface area contributed by atoms with E-state index in [1.165, 1.54) is 22.4 Å². The van der Waals surface area contributed by atoms with Crippen LogP contribution in [-0.2, 0) is 48.5 Å². The third-order valence-corrected chi connectivity index (χ3v) is 11.6. The molecule has 16 heteroatoms. The van der Waals surface area contributed by atoms with Gasteiger partial charge < -0.3 is 20.1 Å². The third kappa shape index (κ3) is 10.2. The number of anilines is 1. The Kier molecular flexibility index (Phi) is 13.3. The summed E-state index contributed by atoms with van der Waals surface area (Å²) in [6.07, 6.45) is 5.01.